The normalized spacial score (nSPS) is 10.7. The number of carbonyl (C=O) groups excluding carboxylic acids is 1. The van der Waals surface area contributed by atoms with Crippen LogP contribution in [0.2, 0.25) is 5.02 Å². The van der Waals surface area contributed by atoms with E-state index in [0.717, 1.165) is 11.1 Å². The minimum absolute atomic E-state index is 0.0120. The lowest BCUT2D eigenvalue weighted by atomic mass is 10.1. The first-order valence-corrected chi connectivity index (χ1v) is 9.90. The number of nitrogens with zero attached hydrogens (tertiary/aromatic N) is 2. The van der Waals surface area contributed by atoms with Gasteiger partial charge < -0.3 is 9.47 Å². The van der Waals surface area contributed by atoms with Gasteiger partial charge in [-0.3, -0.25) is 14.9 Å². The number of methoxy groups -OCH3 is 1. The smallest absolute Gasteiger partial charge is 0.315 e. The summed E-state index contributed by atoms with van der Waals surface area (Å²) in [6.07, 6.45) is 1.27. The Morgan fingerprint density at radius 3 is 2.59 bits per heavy atom. The summed E-state index contributed by atoms with van der Waals surface area (Å²) in [7, 11) is 1.39. The third kappa shape index (κ3) is 5.41. The Morgan fingerprint density at radius 2 is 1.91 bits per heavy atom. The van der Waals surface area contributed by atoms with Crippen molar-refractivity contribution in [1.29, 1.82) is 0 Å². The van der Waals surface area contributed by atoms with Crippen molar-refractivity contribution in [3.8, 4) is 11.5 Å². The lowest BCUT2D eigenvalue weighted by Gasteiger charge is -2.13. The van der Waals surface area contributed by atoms with E-state index in [0.29, 0.717) is 5.56 Å². The molecule has 0 aliphatic rings. The van der Waals surface area contributed by atoms with Gasteiger partial charge in [-0.25, -0.2) is 5.43 Å². The number of amides is 1. The number of carbonyl (C=O) groups is 1. The van der Waals surface area contributed by atoms with Crippen LogP contribution in [0.5, 0.6) is 11.5 Å². The standard InChI is InChI=1S/C23H20ClN3O5/c1-15-7-3-4-8-17(15)14-32-22-20(27(29)30)11-16(12-21(22)31-2)13-25-26-23(28)18-9-5-6-10-19(18)24/h3-13H,14H2,1-2H3,(H,26,28)/b25-13-. The number of hydrogen-bond donors (Lipinski definition) is 1. The molecule has 32 heavy (non-hydrogen) atoms. The fourth-order valence-corrected chi connectivity index (χ4v) is 3.13. The van der Waals surface area contributed by atoms with Gasteiger partial charge >= 0.3 is 5.69 Å². The number of ether oxygens (including phenoxy) is 2. The molecule has 3 aromatic carbocycles. The molecule has 8 nitrogen and oxygen atoms in total. The maximum atomic E-state index is 12.2. The van der Waals surface area contributed by atoms with Gasteiger partial charge in [-0.05, 0) is 36.2 Å². The van der Waals surface area contributed by atoms with Gasteiger partial charge in [-0.2, -0.15) is 5.10 Å². The predicted molar refractivity (Wildman–Crippen MR) is 122 cm³/mol. The van der Waals surface area contributed by atoms with Crippen LogP contribution in [0.1, 0.15) is 27.0 Å². The van der Waals surface area contributed by atoms with Gasteiger partial charge in [0.2, 0.25) is 5.75 Å². The molecule has 0 saturated heterocycles. The van der Waals surface area contributed by atoms with Gasteiger partial charge in [-0.1, -0.05) is 48.0 Å². The second kappa shape index (κ2) is 10.4. The van der Waals surface area contributed by atoms with Gasteiger partial charge in [0.15, 0.2) is 5.75 Å². The highest BCUT2D eigenvalue weighted by atomic mass is 35.5. The Kier molecular flexibility index (Phi) is 7.41. The molecule has 1 amide bonds. The van der Waals surface area contributed by atoms with E-state index in [9.17, 15) is 14.9 Å². The average molecular weight is 454 g/mol. The number of halogens is 1. The van der Waals surface area contributed by atoms with Crippen LogP contribution >= 0.6 is 11.6 Å². The fourth-order valence-electron chi connectivity index (χ4n) is 2.91. The Balaban J connectivity index is 1.82. The number of rotatable bonds is 8. The summed E-state index contributed by atoms with van der Waals surface area (Å²) in [6.45, 7) is 2.08. The molecule has 0 aliphatic heterocycles. The van der Waals surface area contributed by atoms with Crippen LogP contribution in [0.25, 0.3) is 0 Å². The van der Waals surface area contributed by atoms with E-state index in [1.54, 1.807) is 24.3 Å². The molecular formula is C23H20ClN3O5. The molecule has 0 fully saturated rings. The largest absolute Gasteiger partial charge is 0.493 e. The summed E-state index contributed by atoms with van der Waals surface area (Å²) < 4.78 is 11.1. The molecule has 3 rings (SSSR count). The third-order valence-electron chi connectivity index (χ3n) is 4.61. The molecular weight excluding hydrogens is 434 g/mol. The van der Waals surface area contributed by atoms with E-state index < -0.39 is 10.8 Å². The zero-order chi connectivity index (χ0) is 23.1. The molecule has 0 spiro atoms. The summed E-state index contributed by atoms with van der Waals surface area (Å²) in [5, 5.41) is 15.8. The van der Waals surface area contributed by atoms with E-state index in [2.05, 4.69) is 10.5 Å². The Labute approximate surface area is 189 Å². The number of hydrogen-bond acceptors (Lipinski definition) is 6. The zero-order valence-corrected chi connectivity index (χ0v) is 18.1. The summed E-state index contributed by atoms with van der Waals surface area (Å²) in [5.74, 6) is -0.323. The van der Waals surface area contributed by atoms with Crippen molar-refractivity contribution < 1.29 is 19.2 Å². The highest BCUT2D eigenvalue weighted by molar-refractivity contribution is 6.33. The van der Waals surface area contributed by atoms with Gasteiger partial charge in [0.25, 0.3) is 5.91 Å². The number of benzene rings is 3. The van der Waals surface area contributed by atoms with Crippen molar-refractivity contribution in [3.05, 3.63) is 98.1 Å². The SMILES string of the molecule is COc1cc(/C=N\NC(=O)c2ccccc2Cl)cc([N+](=O)[O-])c1OCc1ccccc1C. The molecule has 0 saturated carbocycles. The van der Waals surface area contributed by atoms with E-state index in [1.807, 2.05) is 31.2 Å². The molecule has 0 radical (unpaired) electrons. The summed E-state index contributed by atoms with van der Waals surface area (Å²) in [5.41, 5.74) is 4.57. The Bertz CT molecular complexity index is 1180. The summed E-state index contributed by atoms with van der Waals surface area (Å²) >= 11 is 5.99. The van der Waals surface area contributed by atoms with Crippen LogP contribution in [0.4, 0.5) is 5.69 Å². The van der Waals surface area contributed by atoms with Crippen molar-refractivity contribution >= 4 is 29.4 Å². The van der Waals surface area contributed by atoms with Gasteiger partial charge in [0.05, 0.1) is 28.8 Å². The maximum Gasteiger partial charge on any atom is 0.315 e. The lowest BCUT2D eigenvalue weighted by Crippen LogP contribution is -2.18. The van der Waals surface area contributed by atoms with Gasteiger partial charge in [0, 0.05) is 11.6 Å². The molecule has 0 heterocycles. The second-order valence-corrected chi connectivity index (χ2v) is 7.13. The molecule has 0 aliphatic carbocycles. The number of hydrazone groups is 1. The van der Waals surface area contributed by atoms with Crippen LogP contribution in [-0.2, 0) is 6.61 Å². The van der Waals surface area contributed by atoms with Crippen molar-refractivity contribution in [2.24, 2.45) is 5.10 Å². The zero-order valence-electron chi connectivity index (χ0n) is 17.4. The summed E-state index contributed by atoms with van der Waals surface area (Å²) in [4.78, 5) is 23.3. The van der Waals surface area contributed by atoms with Crippen LogP contribution in [0, 0.1) is 17.0 Å². The lowest BCUT2D eigenvalue weighted by molar-refractivity contribution is -0.386. The van der Waals surface area contributed by atoms with Crippen molar-refractivity contribution in [2.45, 2.75) is 13.5 Å². The monoisotopic (exact) mass is 453 g/mol. The minimum atomic E-state index is -0.560. The first-order valence-electron chi connectivity index (χ1n) is 9.52. The second-order valence-electron chi connectivity index (χ2n) is 6.72. The number of nitrogens with one attached hydrogen (secondary N) is 1. The number of nitro benzene ring substituents is 1. The van der Waals surface area contributed by atoms with Crippen LogP contribution < -0.4 is 14.9 Å². The fraction of sp³-hybridized carbons (Fsp3) is 0.130. The molecule has 1 N–H and O–H groups in total. The van der Waals surface area contributed by atoms with Crippen LogP contribution in [0.15, 0.2) is 65.8 Å². The highest BCUT2D eigenvalue weighted by Crippen LogP contribution is 2.38. The van der Waals surface area contributed by atoms with Crippen molar-refractivity contribution in [1.82, 2.24) is 5.43 Å². The first kappa shape index (κ1) is 22.8. The topological polar surface area (TPSA) is 103 Å². The van der Waals surface area contributed by atoms with Crippen molar-refractivity contribution in [2.75, 3.05) is 7.11 Å². The quantitative estimate of drug-likeness (QED) is 0.296. The van der Waals surface area contributed by atoms with Crippen LogP contribution in [-0.4, -0.2) is 24.2 Å². The van der Waals surface area contributed by atoms with E-state index in [4.69, 9.17) is 21.1 Å². The molecule has 164 valence electrons. The minimum Gasteiger partial charge on any atom is -0.493 e. The molecule has 0 bridgehead atoms. The molecule has 0 aromatic heterocycles. The Morgan fingerprint density at radius 1 is 1.19 bits per heavy atom. The van der Waals surface area contributed by atoms with Gasteiger partial charge in [0.1, 0.15) is 6.61 Å². The highest BCUT2D eigenvalue weighted by Gasteiger charge is 2.22. The predicted octanol–water partition coefficient (Wildman–Crippen LogP) is 4.91. The first-order chi connectivity index (χ1) is 15.4. The number of nitro groups is 1. The molecule has 3 aromatic rings. The van der Waals surface area contributed by atoms with E-state index >= 15 is 0 Å². The Hall–Kier alpha value is -3.91. The molecule has 0 atom stereocenters. The van der Waals surface area contributed by atoms with Crippen molar-refractivity contribution in [3.63, 3.8) is 0 Å². The van der Waals surface area contributed by atoms with Crippen LogP contribution in [0.3, 0.4) is 0 Å². The molecule has 9 heteroatoms. The van der Waals surface area contributed by atoms with E-state index in [1.165, 1.54) is 25.5 Å². The number of aryl methyl sites for hydroxylation is 1. The van der Waals surface area contributed by atoms with E-state index in [-0.39, 0.29) is 34.4 Å². The van der Waals surface area contributed by atoms with Gasteiger partial charge in [-0.15, -0.1) is 0 Å². The average Bonchev–Trinajstić information content (AvgIpc) is 2.78. The molecule has 0 unspecified atom stereocenters. The maximum absolute atomic E-state index is 12.2. The third-order valence-corrected chi connectivity index (χ3v) is 4.94. The summed E-state index contributed by atoms with van der Waals surface area (Å²) in [6, 6.07) is 16.9.